The van der Waals surface area contributed by atoms with Gasteiger partial charge in [-0.15, -0.1) is 0 Å². The average molecular weight is 154 g/mol. The van der Waals surface area contributed by atoms with Crippen molar-refractivity contribution < 1.29 is 9.90 Å². The SMILES string of the molecule is CC(=O)C(O)Cn1ccnc1. The molecule has 0 spiro atoms. The summed E-state index contributed by atoms with van der Waals surface area (Å²) in [6, 6.07) is 0. The quantitative estimate of drug-likeness (QED) is 0.657. The van der Waals surface area contributed by atoms with Crippen molar-refractivity contribution in [2.75, 3.05) is 0 Å². The summed E-state index contributed by atoms with van der Waals surface area (Å²) in [6.45, 7) is 1.65. The summed E-state index contributed by atoms with van der Waals surface area (Å²) in [4.78, 5) is 14.4. The Morgan fingerprint density at radius 1 is 1.82 bits per heavy atom. The molecule has 0 aliphatic heterocycles. The lowest BCUT2D eigenvalue weighted by Gasteiger charge is -2.05. The Kier molecular flexibility index (Phi) is 2.38. The van der Waals surface area contributed by atoms with Gasteiger partial charge in [0.1, 0.15) is 6.10 Å². The van der Waals surface area contributed by atoms with E-state index in [4.69, 9.17) is 5.11 Å². The summed E-state index contributed by atoms with van der Waals surface area (Å²) >= 11 is 0. The Balaban J connectivity index is 2.50. The molecule has 0 fully saturated rings. The van der Waals surface area contributed by atoms with Crippen LogP contribution in [0.1, 0.15) is 6.92 Å². The normalized spacial score (nSPS) is 12.9. The van der Waals surface area contributed by atoms with Gasteiger partial charge in [-0.25, -0.2) is 4.98 Å². The summed E-state index contributed by atoms with van der Waals surface area (Å²) in [5, 5.41) is 9.10. The van der Waals surface area contributed by atoms with Crippen LogP contribution in [0.3, 0.4) is 0 Å². The standard InChI is InChI=1S/C7H10N2O2/c1-6(10)7(11)4-9-3-2-8-5-9/h2-3,5,7,11H,4H2,1H3. The number of aliphatic hydroxyl groups is 1. The van der Waals surface area contributed by atoms with Crippen molar-refractivity contribution in [2.24, 2.45) is 0 Å². The fourth-order valence-electron chi connectivity index (χ4n) is 0.723. The highest BCUT2D eigenvalue weighted by Crippen LogP contribution is 1.92. The van der Waals surface area contributed by atoms with Gasteiger partial charge in [-0.3, -0.25) is 4.79 Å². The molecule has 60 valence electrons. The molecule has 4 nitrogen and oxygen atoms in total. The molecular formula is C7H10N2O2. The number of hydrogen-bond acceptors (Lipinski definition) is 3. The number of carbonyl (C=O) groups is 1. The lowest BCUT2D eigenvalue weighted by molar-refractivity contribution is -0.125. The third-order valence-electron chi connectivity index (χ3n) is 1.41. The first-order chi connectivity index (χ1) is 5.20. The lowest BCUT2D eigenvalue weighted by Crippen LogP contribution is -2.22. The van der Waals surface area contributed by atoms with Gasteiger partial charge in [0.05, 0.1) is 12.9 Å². The molecule has 1 aromatic rings. The first kappa shape index (κ1) is 7.94. The number of hydrogen-bond donors (Lipinski definition) is 1. The van der Waals surface area contributed by atoms with Crippen LogP contribution in [0.4, 0.5) is 0 Å². The van der Waals surface area contributed by atoms with Crippen LogP contribution in [0.15, 0.2) is 18.7 Å². The minimum atomic E-state index is -0.913. The molecule has 0 saturated carbocycles. The van der Waals surface area contributed by atoms with Crippen molar-refractivity contribution in [3.63, 3.8) is 0 Å². The van der Waals surface area contributed by atoms with Gasteiger partial charge in [-0.2, -0.15) is 0 Å². The molecule has 0 aromatic carbocycles. The summed E-state index contributed by atoms with van der Waals surface area (Å²) in [7, 11) is 0. The number of aromatic nitrogens is 2. The first-order valence-corrected chi connectivity index (χ1v) is 3.34. The van der Waals surface area contributed by atoms with E-state index < -0.39 is 6.10 Å². The largest absolute Gasteiger partial charge is 0.383 e. The molecule has 0 aliphatic rings. The van der Waals surface area contributed by atoms with E-state index in [0.717, 1.165) is 0 Å². The van der Waals surface area contributed by atoms with Crippen LogP contribution in [-0.4, -0.2) is 26.5 Å². The van der Waals surface area contributed by atoms with Gasteiger partial charge in [0.2, 0.25) is 0 Å². The summed E-state index contributed by atoms with van der Waals surface area (Å²) in [5.41, 5.74) is 0. The van der Waals surface area contributed by atoms with Crippen LogP contribution >= 0.6 is 0 Å². The number of aliphatic hydroxyl groups excluding tert-OH is 1. The minimum Gasteiger partial charge on any atom is -0.383 e. The highest BCUT2D eigenvalue weighted by atomic mass is 16.3. The van der Waals surface area contributed by atoms with E-state index >= 15 is 0 Å². The number of Topliss-reactive ketones (excluding diaryl/α,β-unsaturated/α-hetero) is 1. The van der Waals surface area contributed by atoms with E-state index in [1.807, 2.05) is 0 Å². The maximum absolute atomic E-state index is 10.6. The van der Waals surface area contributed by atoms with Crippen molar-refractivity contribution in [3.8, 4) is 0 Å². The van der Waals surface area contributed by atoms with Gasteiger partial charge in [-0.05, 0) is 6.92 Å². The predicted octanol–water partition coefficient (Wildman–Crippen LogP) is -0.167. The molecule has 1 aromatic heterocycles. The van der Waals surface area contributed by atoms with Crippen molar-refractivity contribution in [1.82, 2.24) is 9.55 Å². The number of carbonyl (C=O) groups excluding carboxylic acids is 1. The molecule has 0 radical (unpaired) electrons. The fourth-order valence-corrected chi connectivity index (χ4v) is 0.723. The zero-order valence-electron chi connectivity index (χ0n) is 6.27. The number of nitrogens with zero attached hydrogens (tertiary/aromatic N) is 2. The van der Waals surface area contributed by atoms with Gasteiger partial charge >= 0.3 is 0 Å². The van der Waals surface area contributed by atoms with Gasteiger partial charge in [0.15, 0.2) is 5.78 Å². The topological polar surface area (TPSA) is 55.1 Å². The summed E-state index contributed by atoms with van der Waals surface area (Å²) in [6.07, 6.45) is 3.95. The lowest BCUT2D eigenvalue weighted by atomic mass is 10.2. The third kappa shape index (κ3) is 2.16. The van der Waals surface area contributed by atoms with Crippen LogP contribution in [0.2, 0.25) is 0 Å². The molecule has 1 atom stereocenters. The van der Waals surface area contributed by atoms with E-state index in [-0.39, 0.29) is 12.3 Å². The maximum atomic E-state index is 10.6. The second-order valence-corrected chi connectivity index (χ2v) is 2.39. The van der Waals surface area contributed by atoms with Crippen LogP contribution in [0.5, 0.6) is 0 Å². The second-order valence-electron chi connectivity index (χ2n) is 2.39. The van der Waals surface area contributed by atoms with Crippen LogP contribution in [0, 0.1) is 0 Å². The smallest absolute Gasteiger partial charge is 0.160 e. The van der Waals surface area contributed by atoms with Gasteiger partial charge in [0, 0.05) is 12.4 Å². The number of ketones is 1. The first-order valence-electron chi connectivity index (χ1n) is 3.34. The highest BCUT2D eigenvalue weighted by molar-refractivity contribution is 5.79. The molecule has 0 aliphatic carbocycles. The zero-order chi connectivity index (χ0) is 8.27. The van der Waals surface area contributed by atoms with Gasteiger partial charge in [0.25, 0.3) is 0 Å². The van der Waals surface area contributed by atoms with Gasteiger partial charge in [-0.1, -0.05) is 0 Å². The van der Waals surface area contributed by atoms with Crippen LogP contribution < -0.4 is 0 Å². The van der Waals surface area contributed by atoms with Crippen molar-refractivity contribution in [3.05, 3.63) is 18.7 Å². The Bertz CT molecular complexity index is 231. The van der Waals surface area contributed by atoms with Crippen molar-refractivity contribution in [1.29, 1.82) is 0 Å². The number of rotatable bonds is 3. The molecule has 1 unspecified atom stereocenters. The Labute approximate surface area is 64.5 Å². The predicted molar refractivity (Wildman–Crippen MR) is 38.9 cm³/mol. The van der Waals surface area contributed by atoms with E-state index in [0.29, 0.717) is 0 Å². The highest BCUT2D eigenvalue weighted by Gasteiger charge is 2.08. The van der Waals surface area contributed by atoms with E-state index in [1.165, 1.54) is 6.92 Å². The molecule has 1 rings (SSSR count). The van der Waals surface area contributed by atoms with Crippen LogP contribution in [-0.2, 0) is 11.3 Å². The molecule has 0 amide bonds. The summed E-state index contributed by atoms with van der Waals surface area (Å²) in [5.74, 6) is -0.223. The van der Waals surface area contributed by atoms with E-state index in [9.17, 15) is 4.79 Å². The molecule has 0 bridgehead atoms. The Hall–Kier alpha value is -1.16. The Morgan fingerprint density at radius 3 is 3.00 bits per heavy atom. The van der Waals surface area contributed by atoms with Crippen molar-refractivity contribution in [2.45, 2.75) is 19.6 Å². The average Bonchev–Trinajstić information content (AvgIpc) is 2.39. The third-order valence-corrected chi connectivity index (χ3v) is 1.41. The molecule has 1 heterocycles. The van der Waals surface area contributed by atoms with Gasteiger partial charge < -0.3 is 9.67 Å². The monoisotopic (exact) mass is 154 g/mol. The van der Waals surface area contributed by atoms with E-state index in [1.54, 1.807) is 23.3 Å². The Morgan fingerprint density at radius 2 is 2.55 bits per heavy atom. The molecular weight excluding hydrogens is 144 g/mol. The second kappa shape index (κ2) is 3.30. The molecule has 4 heteroatoms. The minimum absolute atomic E-state index is 0.223. The molecule has 11 heavy (non-hydrogen) atoms. The molecule has 1 N–H and O–H groups in total. The zero-order valence-corrected chi connectivity index (χ0v) is 6.27. The maximum Gasteiger partial charge on any atom is 0.160 e. The summed E-state index contributed by atoms with van der Waals surface area (Å²) < 4.78 is 1.66. The number of imidazole rings is 1. The molecule has 0 saturated heterocycles. The van der Waals surface area contributed by atoms with Crippen molar-refractivity contribution >= 4 is 5.78 Å². The van der Waals surface area contributed by atoms with Crippen LogP contribution in [0.25, 0.3) is 0 Å². The van der Waals surface area contributed by atoms with E-state index in [2.05, 4.69) is 4.98 Å². The fraction of sp³-hybridized carbons (Fsp3) is 0.429.